The van der Waals surface area contributed by atoms with Gasteiger partial charge in [0.25, 0.3) is 5.91 Å². The van der Waals surface area contributed by atoms with E-state index in [-0.39, 0.29) is 12.1 Å². The molecule has 6 nitrogen and oxygen atoms in total. The van der Waals surface area contributed by atoms with Crippen LogP contribution in [0, 0.1) is 5.82 Å². The highest BCUT2D eigenvalue weighted by Crippen LogP contribution is 2.33. The van der Waals surface area contributed by atoms with Crippen LogP contribution < -0.4 is 15.5 Å². The number of alkyl halides is 3. The van der Waals surface area contributed by atoms with Crippen molar-refractivity contribution in [1.82, 2.24) is 15.3 Å². The molecule has 0 atom stereocenters. The summed E-state index contributed by atoms with van der Waals surface area (Å²) in [6.07, 6.45) is 2.04. The van der Waals surface area contributed by atoms with E-state index < -0.39 is 29.0 Å². The maximum Gasteiger partial charge on any atom is 0.419 e. The molecule has 34 heavy (non-hydrogen) atoms. The maximum atomic E-state index is 14.3. The van der Waals surface area contributed by atoms with E-state index in [4.69, 9.17) is 9.97 Å². The molecule has 10 heteroatoms. The largest absolute Gasteiger partial charge is 0.419 e. The molecule has 0 spiro atoms. The van der Waals surface area contributed by atoms with E-state index in [1.165, 1.54) is 5.56 Å². The Bertz CT molecular complexity index is 1050. The number of carbonyl (C=O) groups is 1. The quantitative estimate of drug-likeness (QED) is 0.607. The standard InChI is InChI=1S/C24H29F4N5O/c1-33(2)21-16-6-3-4-9-19(16)31-23(32-21)30-15-12-10-14(11-13-15)29-22(34)17-7-5-8-18(20(17)25)24(26,27)28/h5,7-8,14-15H,3-4,6,9-13H2,1-2H3,(H,29,34)(H,30,31,32). The molecule has 2 aromatic rings. The van der Waals surface area contributed by atoms with Crippen LogP contribution in [0.15, 0.2) is 18.2 Å². The first kappa shape index (κ1) is 24.2. The van der Waals surface area contributed by atoms with E-state index in [0.29, 0.717) is 24.9 Å². The first-order valence-corrected chi connectivity index (χ1v) is 11.6. The minimum absolute atomic E-state index is 0.120. The SMILES string of the molecule is CN(C)c1nc(NC2CCC(NC(=O)c3cccc(C(F)(F)F)c3F)CC2)nc2c1CCCC2. The molecule has 0 radical (unpaired) electrons. The number of amides is 1. The number of carbonyl (C=O) groups excluding carboxylic acids is 1. The van der Waals surface area contributed by atoms with Crippen LogP contribution in [0.3, 0.4) is 0 Å². The fraction of sp³-hybridized carbons (Fsp3) is 0.542. The molecule has 1 fully saturated rings. The molecule has 184 valence electrons. The van der Waals surface area contributed by atoms with Crippen LogP contribution >= 0.6 is 0 Å². The van der Waals surface area contributed by atoms with Crippen LogP contribution in [0.5, 0.6) is 0 Å². The molecule has 2 N–H and O–H groups in total. The van der Waals surface area contributed by atoms with Gasteiger partial charge in [-0.15, -0.1) is 0 Å². The highest BCUT2D eigenvalue weighted by atomic mass is 19.4. The summed E-state index contributed by atoms with van der Waals surface area (Å²) in [6.45, 7) is 0. The van der Waals surface area contributed by atoms with Crippen molar-refractivity contribution in [2.45, 2.75) is 69.6 Å². The summed E-state index contributed by atoms with van der Waals surface area (Å²) in [5.74, 6) is -0.822. The number of aryl methyl sites for hydroxylation is 1. The highest BCUT2D eigenvalue weighted by molar-refractivity contribution is 5.94. The zero-order valence-electron chi connectivity index (χ0n) is 19.3. The third-order valence-corrected chi connectivity index (χ3v) is 6.53. The molecular weight excluding hydrogens is 450 g/mol. The van der Waals surface area contributed by atoms with Crippen LogP contribution in [0.4, 0.5) is 29.3 Å². The molecule has 4 rings (SSSR count). The number of rotatable bonds is 5. The normalized spacial score (nSPS) is 20.4. The zero-order chi connectivity index (χ0) is 24.5. The van der Waals surface area contributed by atoms with Crippen LogP contribution in [-0.4, -0.2) is 42.1 Å². The van der Waals surface area contributed by atoms with Crippen molar-refractivity contribution in [1.29, 1.82) is 0 Å². The molecule has 1 aromatic heterocycles. The van der Waals surface area contributed by atoms with Crippen molar-refractivity contribution in [3.8, 4) is 0 Å². The number of aromatic nitrogens is 2. The minimum atomic E-state index is -4.85. The van der Waals surface area contributed by atoms with Gasteiger partial charge < -0.3 is 15.5 Å². The fourth-order valence-corrected chi connectivity index (χ4v) is 4.76. The van der Waals surface area contributed by atoms with E-state index in [0.717, 1.165) is 62.2 Å². The van der Waals surface area contributed by atoms with Crippen LogP contribution in [0.2, 0.25) is 0 Å². The summed E-state index contributed by atoms with van der Waals surface area (Å²) in [4.78, 5) is 23.9. The summed E-state index contributed by atoms with van der Waals surface area (Å²) in [7, 11) is 3.95. The number of nitrogens with one attached hydrogen (secondary N) is 2. The van der Waals surface area contributed by atoms with Gasteiger partial charge in [-0.3, -0.25) is 4.79 Å². The molecule has 0 bridgehead atoms. The second-order valence-electron chi connectivity index (χ2n) is 9.23. The van der Waals surface area contributed by atoms with Gasteiger partial charge in [-0.25, -0.2) is 9.37 Å². The number of halogens is 4. The Hall–Kier alpha value is -2.91. The van der Waals surface area contributed by atoms with Crippen LogP contribution in [0.25, 0.3) is 0 Å². The van der Waals surface area contributed by atoms with Crippen molar-refractivity contribution in [2.24, 2.45) is 0 Å². The van der Waals surface area contributed by atoms with Crippen LogP contribution in [-0.2, 0) is 19.0 Å². The first-order chi connectivity index (χ1) is 16.1. The van der Waals surface area contributed by atoms with Crippen molar-refractivity contribution in [2.75, 3.05) is 24.3 Å². The second kappa shape index (κ2) is 9.76. The number of benzene rings is 1. The lowest BCUT2D eigenvalue weighted by Crippen LogP contribution is -2.40. The molecule has 2 aliphatic rings. The number of hydrogen-bond donors (Lipinski definition) is 2. The van der Waals surface area contributed by atoms with E-state index in [1.54, 1.807) is 0 Å². The fourth-order valence-electron chi connectivity index (χ4n) is 4.76. The highest BCUT2D eigenvalue weighted by Gasteiger charge is 2.36. The van der Waals surface area contributed by atoms with Crippen molar-refractivity contribution >= 4 is 17.7 Å². The third kappa shape index (κ3) is 5.26. The van der Waals surface area contributed by atoms with Gasteiger partial charge in [-0.05, 0) is 63.5 Å². The monoisotopic (exact) mass is 479 g/mol. The molecular formula is C24H29F4N5O. The Morgan fingerprint density at radius 3 is 2.38 bits per heavy atom. The van der Waals surface area contributed by atoms with E-state index in [2.05, 4.69) is 10.6 Å². The number of anilines is 2. The predicted octanol–water partition coefficient (Wildman–Crippen LogP) is 4.73. The van der Waals surface area contributed by atoms with Gasteiger partial charge in [-0.2, -0.15) is 18.2 Å². The Labute approximate surface area is 196 Å². The van der Waals surface area contributed by atoms with Gasteiger partial charge in [0.1, 0.15) is 11.6 Å². The smallest absolute Gasteiger partial charge is 0.362 e. The lowest BCUT2D eigenvalue weighted by Gasteiger charge is -2.30. The van der Waals surface area contributed by atoms with Gasteiger partial charge in [0.15, 0.2) is 0 Å². The summed E-state index contributed by atoms with van der Waals surface area (Å²) in [5, 5.41) is 6.11. The Kier molecular flexibility index (Phi) is 6.95. The molecule has 2 aliphatic carbocycles. The average molecular weight is 480 g/mol. The second-order valence-corrected chi connectivity index (χ2v) is 9.23. The lowest BCUT2D eigenvalue weighted by molar-refractivity contribution is -0.140. The number of nitrogens with zero attached hydrogens (tertiary/aromatic N) is 3. The summed E-state index contributed by atoms with van der Waals surface area (Å²) in [6, 6.07) is 2.63. The zero-order valence-corrected chi connectivity index (χ0v) is 19.3. The first-order valence-electron chi connectivity index (χ1n) is 11.6. The molecule has 0 unspecified atom stereocenters. The summed E-state index contributed by atoms with van der Waals surface area (Å²) in [5.41, 5.74) is 0.288. The van der Waals surface area contributed by atoms with Gasteiger partial charge in [0.2, 0.25) is 5.95 Å². The van der Waals surface area contributed by atoms with Gasteiger partial charge in [-0.1, -0.05) is 6.07 Å². The van der Waals surface area contributed by atoms with Gasteiger partial charge in [0, 0.05) is 31.7 Å². The predicted molar refractivity (Wildman–Crippen MR) is 122 cm³/mol. The molecule has 1 heterocycles. The topological polar surface area (TPSA) is 70.2 Å². The van der Waals surface area contributed by atoms with Crippen molar-refractivity contribution in [3.05, 3.63) is 46.4 Å². The van der Waals surface area contributed by atoms with Gasteiger partial charge in [0.05, 0.1) is 16.8 Å². The van der Waals surface area contributed by atoms with E-state index in [1.807, 2.05) is 19.0 Å². The Morgan fingerprint density at radius 1 is 1.03 bits per heavy atom. The average Bonchev–Trinajstić information content (AvgIpc) is 2.79. The Balaban J connectivity index is 1.36. The van der Waals surface area contributed by atoms with Crippen molar-refractivity contribution < 1.29 is 22.4 Å². The molecule has 1 amide bonds. The number of hydrogen-bond acceptors (Lipinski definition) is 5. The third-order valence-electron chi connectivity index (χ3n) is 6.53. The lowest BCUT2D eigenvalue weighted by atomic mass is 9.91. The summed E-state index contributed by atoms with van der Waals surface area (Å²) >= 11 is 0. The molecule has 1 saturated carbocycles. The minimum Gasteiger partial charge on any atom is -0.362 e. The van der Waals surface area contributed by atoms with Crippen LogP contribution in [0.1, 0.15) is 65.7 Å². The molecule has 0 aliphatic heterocycles. The maximum absolute atomic E-state index is 14.3. The molecule has 1 aromatic carbocycles. The van der Waals surface area contributed by atoms with E-state index >= 15 is 0 Å². The summed E-state index contributed by atoms with van der Waals surface area (Å²) < 4.78 is 53.1. The molecule has 0 saturated heterocycles. The Morgan fingerprint density at radius 2 is 1.71 bits per heavy atom. The van der Waals surface area contributed by atoms with E-state index in [9.17, 15) is 22.4 Å². The van der Waals surface area contributed by atoms with Gasteiger partial charge >= 0.3 is 6.18 Å². The van der Waals surface area contributed by atoms with Crippen molar-refractivity contribution in [3.63, 3.8) is 0 Å². The number of fused-ring (bicyclic) bond motifs is 1.